The number of piperidine rings is 1. The summed E-state index contributed by atoms with van der Waals surface area (Å²) in [7, 11) is 0. The molecular weight excluding hydrogens is 232 g/mol. The minimum atomic E-state index is 0.728. The van der Waals surface area contributed by atoms with Crippen LogP contribution in [0.1, 0.15) is 43.4 Å². The summed E-state index contributed by atoms with van der Waals surface area (Å²) >= 11 is 0. The molecule has 0 bridgehead atoms. The van der Waals surface area contributed by atoms with Gasteiger partial charge in [-0.1, -0.05) is 25.1 Å². The van der Waals surface area contributed by atoms with Crippen LogP contribution in [0.3, 0.4) is 0 Å². The van der Waals surface area contributed by atoms with Crippen molar-refractivity contribution in [3.05, 3.63) is 34.9 Å². The van der Waals surface area contributed by atoms with Crippen molar-refractivity contribution in [3.8, 4) is 0 Å². The molecule has 0 radical (unpaired) electrons. The fourth-order valence-corrected chi connectivity index (χ4v) is 3.62. The zero-order valence-electron chi connectivity index (χ0n) is 12.3. The molecule has 2 nitrogen and oxygen atoms in total. The van der Waals surface area contributed by atoms with Gasteiger partial charge in [-0.25, -0.2) is 0 Å². The number of hydrogen-bond acceptors (Lipinski definition) is 2. The first-order chi connectivity index (χ1) is 9.25. The molecule has 2 aliphatic heterocycles. The predicted octanol–water partition coefficient (Wildman–Crippen LogP) is 2.95. The molecule has 2 unspecified atom stereocenters. The van der Waals surface area contributed by atoms with Crippen molar-refractivity contribution in [2.24, 2.45) is 5.92 Å². The lowest BCUT2D eigenvalue weighted by atomic mass is 9.90. The first-order valence-corrected chi connectivity index (χ1v) is 7.80. The van der Waals surface area contributed by atoms with Crippen LogP contribution in [0.15, 0.2) is 18.2 Å². The number of hydrogen-bond donors (Lipinski definition) is 1. The van der Waals surface area contributed by atoms with Gasteiger partial charge in [0, 0.05) is 19.1 Å². The number of rotatable bonds is 2. The van der Waals surface area contributed by atoms with E-state index in [-0.39, 0.29) is 0 Å². The SMILES string of the molecule is CC1CCCN(Cc2cccc3c2CCNC3)C1C. The Morgan fingerprint density at radius 2 is 2.21 bits per heavy atom. The summed E-state index contributed by atoms with van der Waals surface area (Å²) in [4.78, 5) is 2.69. The Labute approximate surface area is 117 Å². The van der Waals surface area contributed by atoms with E-state index in [1.165, 1.54) is 31.4 Å². The van der Waals surface area contributed by atoms with Crippen LogP contribution in [-0.2, 0) is 19.5 Å². The first-order valence-electron chi connectivity index (χ1n) is 7.80. The van der Waals surface area contributed by atoms with Crippen molar-refractivity contribution in [2.45, 2.75) is 52.2 Å². The highest BCUT2D eigenvalue weighted by Crippen LogP contribution is 2.27. The molecule has 104 valence electrons. The lowest BCUT2D eigenvalue weighted by Gasteiger charge is -2.38. The van der Waals surface area contributed by atoms with E-state index in [4.69, 9.17) is 0 Å². The molecule has 1 fully saturated rings. The standard InChI is InChI=1S/C17H26N2/c1-13-5-4-10-19(14(13)2)12-16-7-3-6-15-11-18-9-8-17(15)16/h3,6-7,13-14,18H,4-5,8-12H2,1-2H3. The zero-order chi connectivity index (χ0) is 13.2. The second kappa shape index (κ2) is 5.64. The Kier molecular flexibility index (Phi) is 3.90. The van der Waals surface area contributed by atoms with E-state index in [1.807, 2.05) is 0 Å². The van der Waals surface area contributed by atoms with Crippen LogP contribution in [0.2, 0.25) is 0 Å². The Bertz CT molecular complexity index is 441. The number of nitrogens with one attached hydrogen (secondary N) is 1. The summed E-state index contributed by atoms with van der Waals surface area (Å²) in [6.07, 6.45) is 3.96. The highest BCUT2D eigenvalue weighted by Gasteiger charge is 2.25. The van der Waals surface area contributed by atoms with Crippen LogP contribution >= 0.6 is 0 Å². The van der Waals surface area contributed by atoms with Gasteiger partial charge in [-0.3, -0.25) is 4.90 Å². The van der Waals surface area contributed by atoms with Gasteiger partial charge < -0.3 is 5.32 Å². The van der Waals surface area contributed by atoms with Crippen LogP contribution in [0.5, 0.6) is 0 Å². The molecule has 0 amide bonds. The fraction of sp³-hybridized carbons (Fsp3) is 0.647. The van der Waals surface area contributed by atoms with Gasteiger partial charge in [0.05, 0.1) is 0 Å². The first kappa shape index (κ1) is 13.1. The quantitative estimate of drug-likeness (QED) is 0.877. The number of fused-ring (bicyclic) bond motifs is 1. The Balaban J connectivity index is 1.79. The third-order valence-corrected chi connectivity index (χ3v) is 5.11. The zero-order valence-corrected chi connectivity index (χ0v) is 12.3. The monoisotopic (exact) mass is 258 g/mol. The molecule has 0 spiro atoms. The van der Waals surface area contributed by atoms with Crippen LogP contribution in [0.25, 0.3) is 0 Å². The molecule has 1 aromatic carbocycles. The largest absolute Gasteiger partial charge is 0.312 e. The molecule has 0 saturated carbocycles. The minimum Gasteiger partial charge on any atom is -0.312 e. The van der Waals surface area contributed by atoms with E-state index < -0.39 is 0 Å². The van der Waals surface area contributed by atoms with Crippen LogP contribution in [0.4, 0.5) is 0 Å². The number of benzene rings is 1. The summed E-state index contributed by atoms with van der Waals surface area (Å²) in [6, 6.07) is 7.59. The highest BCUT2D eigenvalue weighted by atomic mass is 15.2. The van der Waals surface area contributed by atoms with Crippen LogP contribution < -0.4 is 5.32 Å². The highest BCUT2D eigenvalue weighted by molar-refractivity contribution is 5.37. The van der Waals surface area contributed by atoms with Gasteiger partial charge in [0.25, 0.3) is 0 Å². The van der Waals surface area contributed by atoms with Crippen LogP contribution in [-0.4, -0.2) is 24.0 Å². The average Bonchev–Trinajstić information content (AvgIpc) is 2.44. The maximum atomic E-state index is 3.47. The maximum Gasteiger partial charge on any atom is 0.0239 e. The van der Waals surface area contributed by atoms with E-state index in [0.717, 1.165) is 31.6 Å². The molecule has 2 heterocycles. The van der Waals surface area contributed by atoms with Gasteiger partial charge in [-0.15, -0.1) is 0 Å². The van der Waals surface area contributed by atoms with Gasteiger partial charge in [0.15, 0.2) is 0 Å². The lowest BCUT2D eigenvalue weighted by Crippen LogP contribution is -2.42. The van der Waals surface area contributed by atoms with Crippen molar-refractivity contribution in [2.75, 3.05) is 13.1 Å². The van der Waals surface area contributed by atoms with E-state index in [2.05, 4.69) is 42.3 Å². The van der Waals surface area contributed by atoms with E-state index in [9.17, 15) is 0 Å². The molecule has 19 heavy (non-hydrogen) atoms. The van der Waals surface area contributed by atoms with Gasteiger partial charge in [-0.05, 0) is 61.9 Å². The normalized spacial score (nSPS) is 28.1. The molecule has 2 aliphatic rings. The Morgan fingerprint density at radius 1 is 1.32 bits per heavy atom. The third-order valence-electron chi connectivity index (χ3n) is 5.11. The molecule has 0 aromatic heterocycles. The molecule has 2 heteroatoms. The van der Waals surface area contributed by atoms with Gasteiger partial charge in [0.2, 0.25) is 0 Å². The van der Waals surface area contributed by atoms with Gasteiger partial charge >= 0.3 is 0 Å². The summed E-state index contributed by atoms with van der Waals surface area (Å²) in [5.74, 6) is 0.843. The van der Waals surface area contributed by atoms with E-state index >= 15 is 0 Å². The second-order valence-electron chi connectivity index (χ2n) is 6.31. The van der Waals surface area contributed by atoms with Crippen LogP contribution in [0, 0.1) is 5.92 Å². The van der Waals surface area contributed by atoms with Crippen molar-refractivity contribution >= 4 is 0 Å². The summed E-state index contributed by atoms with van der Waals surface area (Å²) in [6.45, 7) is 9.41. The molecule has 3 rings (SSSR count). The fourth-order valence-electron chi connectivity index (χ4n) is 3.62. The lowest BCUT2D eigenvalue weighted by molar-refractivity contribution is 0.106. The van der Waals surface area contributed by atoms with Gasteiger partial charge in [-0.2, -0.15) is 0 Å². The molecule has 1 saturated heterocycles. The van der Waals surface area contributed by atoms with E-state index in [1.54, 1.807) is 11.1 Å². The maximum absolute atomic E-state index is 3.47. The van der Waals surface area contributed by atoms with Crippen molar-refractivity contribution in [3.63, 3.8) is 0 Å². The van der Waals surface area contributed by atoms with E-state index in [0.29, 0.717) is 0 Å². The summed E-state index contributed by atoms with van der Waals surface area (Å²) in [5, 5.41) is 3.47. The summed E-state index contributed by atoms with van der Waals surface area (Å²) in [5.41, 5.74) is 4.70. The van der Waals surface area contributed by atoms with Crippen molar-refractivity contribution < 1.29 is 0 Å². The van der Waals surface area contributed by atoms with Crippen molar-refractivity contribution in [1.82, 2.24) is 10.2 Å². The topological polar surface area (TPSA) is 15.3 Å². The third kappa shape index (κ3) is 2.70. The molecular formula is C17H26N2. The summed E-state index contributed by atoms with van der Waals surface area (Å²) < 4.78 is 0. The predicted molar refractivity (Wildman–Crippen MR) is 80.1 cm³/mol. The number of likely N-dealkylation sites (tertiary alicyclic amines) is 1. The number of nitrogens with zero attached hydrogens (tertiary/aromatic N) is 1. The molecule has 2 atom stereocenters. The molecule has 1 N–H and O–H groups in total. The average molecular weight is 258 g/mol. The van der Waals surface area contributed by atoms with Crippen molar-refractivity contribution in [1.29, 1.82) is 0 Å². The Morgan fingerprint density at radius 3 is 3.11 bits per heavy atom. The Hall–Kier alpha value is -0.860. The second-order valence-corrected chi connectivity index (χ2v) is 6.31. The minimum absolute atomic E-state index is 0.728. The van der Waals surface area contributed by atoms with Gasteiger partial charge in [0.1, 0.15) is 0 Å². The molecule has 1 aromatic rings. The molecule has 0 aliphatic carbocycles. The smallest absolute Gasteiger partial charge is 0.0239 e.